The van der Waals surface area contributed by atoms with Crippen molar-refractivity contribution in [2.45, 2.75) is 25.3 Å². The molecule has 27 heavy (non-hydrogen) atoms. The monoisotopic (exact) mass is 365 g/mol. The van der Waals surface area contributed by atoms with Gasteiger partial charge in [0.2, 0.25) is 0 Å². The molecule has 6 heteroatoms. The summed E-state index contributed by atoms with van der Waals surface area (Å²) in [4.78, 5) is 8.98. The Kier molecular flexibility index (Phi) is 5.36. The molecule has 0 spiro atoms. The van der Waals surface area contributed by atoms with Gasteiger partial charge >= 0.3 is 0 Å². The molecule has 1 aliphatic heterocycles. The highest BCUT2D eigenvalue weighted by molar-refractivity contribution is 5.52. The van der Waals surface area contributed by atoms with E-state index in [4.69, 9.17) is 5.10 Å². The molecule has 0 aliphatic carbocycles. The number of nitrogens with zero attached hydrogens (tertiary/aromatic N) is 5. The fraction of sp³-hybridized carbons (Fsp3) is 0.429. The van der Waals surface area contributed by atoms with Crippen LogP contribution in [0.3, 0.4) is 0 Å². The smallest absolute Gasteiger partial charge is 0.157 e. The molecule has 6 nitrogen and oxygen atoms in total. The zero-order chi connectivity index (χ0) is 18.6. The van der Waals surface area contributed by atoms with Crippen molar-refractivity contribution in [1.29, 1.82) is 0 Å². The molecule has 1 aliphatic rings. The van der Waals surface area contributed by atoms with E-state index in [1.54, 1.807) is 0 Å². The summed E-state index contributed by atoms with van der Waals surface area (Å²) in [7, 11) is 1.94. The van der Waals surface area contributed by atoms with Crippen LogP contribution >= 0.6 is 0 Å². The van der Waals surface area contributed by atoms with E-state index in [-0.39, 0.29) is 6.61 Å². The van der Waals surface area contributed by atoms with Gasteiger partial charge in [0.25, 0.3) is 0 Å². The Morgan fingerprint density at radius 1 is 1.22 bits per heavy atom. The van der Waals surface area contributed by atoms with E-state index in [9.17, 15) is 5.11 Å². The summed E-state index contributed by atoms with van der Waals surface area (Å²) < 4.78 is 1.99. The summed E-state index contributed by atoms with van der Waals surface area (Å²) in [6, 6.07) is 14.8. The lowest BCUT2D eigenvalue weighted by Gasteiger charge is -2.33. The first-order chi connectivity index (χ1) is 13.2. The molecule has 142 valence electrons. The molecule has 1 saturated heterocycles. The van der Waals surface area contributed by atoms with Crippen LogP contribution in [0.4, 0.5) is 5.82 Å². The number of aliphatic hydroxyl groups is 1. The van der Waals surface area contributed by atoms with Gasteiger partial charge in [-0.2, -0.15) is 0 Å². The molecule has 1 unspecified atom stereocenters. The highest BCUT2D eigenvalue weighted by atomic mass is 16.3. The van der Waals surface area contributed by atoms with Crippen LogP contribution < -0.4 is 4.90 Å². The van der Waals surface area contributed by atoms with Gasteiger partial charge in [-0.1, -0.05) is 30.3 Å². The maximum atomic E-state index is 9.18. The van der Waals surface area contributed by atoms with Crippen molar-refractivity contribution in [1.82, 2.24) is 19.5 Å². The Morgan fingerprint density at radius 2 is 2.07 bits per heavy atom. The lowest BCUT2D eigenvalue weighted by atomic mass is 9.94. The first-order valence-electron chi connectivity index (χ1n) is 9.67. The van der Waals surface area contributed by atoms with E-state index < -0.39 is 0 Å². The Labute approximate surface area is 160 Å². The molecular weight excluding hydrogens is 338 g/mol. The number of likely N-dealkylation sites (tertiary alicyclic amines) is 1. The zero-order valence-corrected chi connectivity index (χ0v) is 15.8. The Balaban J connectivity index is 1.56. The normalized spacial score (nSPS) is 18.1. The molecule has 0 bridgehead atoms. The number of benzene rings is 1. The quantitative estimate of drug-likeness (QED) is 0.727. The average molecular weight is 365 g/mol. The molecule has 3 aromatic rings. The molecule has 1 aromatic carbocycles. The fourth-order valence-electron chi connectivity index (χ4n) is 3.94. The van der Waals surface area contributed by atoms with E-state index in [2.05, 4.69) is 46.3 Å². The van der Waals surface area contributed by atoms with Crippen molar-refractivity contribution in [2.75, 3.05) is 38.2 Å². The number of piperidine rings is 1. The van der Waals surface area contributed by atoms with Gasteiger partial charge in [-0.15, -0.1) is 5.10 Å². The summed E-state index contributed by atoms with van der Waals surface area (Å²) in [6.07, 6.45) is 4.25. The van der Waals surface area contributed by atoms with E-state index in [0.717, 1.165) is 31.1 Å². The largest absolute Gasteiger partial charge is 0.395 e. The minimum absolute atomic E-state index is 0.113. The van der Waals surface area contributed by atoms with Gasteiger partial charge in [-0.05, 0) is 31.0 Å². The first-order valence-corrected chi connectivity index (χ1v) is 9.67. The molecule has 1 atom stereocenters. The van der Waals surface area contributed by atoms with E-state index in [0.29, 0.717) is 12.5 Å². The molecule has 2 aromatic heterocycles. The number of anilines is 1. The van der Waals surface area contributed by atoms with Crippen LogP contribution in [0.2, 0.25) is 0 Å². The SMILES string of the molecule is CN(CCO)c1cc2nccc(C3CCCN(Cc4ccccc4)C3)n2n1. The number of fused-ring (bicyclic) bond motifs is 1. The minimum atomic E-state index is 0.113. The molecule has 1 N–H and O–H groups in total. The molecular formula is C21H27N5O. The van der Waals surface area contributed by atoms with Crippen molar-refractivity contribution >= 4 is 11.5 Å². The second-order valence-corrected chi connectivity index (χ2v) is 7.35. The second-order valence-electron chi connectivity index (χ2n) is 7.35. The van der Waals surface area contributed by atoms with Crippen molar-refractivity contribution in [3.05, 3.63) is 59.9 Å². The molecule has 3 heterocycles. The highest BCUT2D eigenvalue weighted by Gasteiger charge is 2.24. The third-order valence-corrected chi connectivity index (χ3v) is 5.37. The maximum Gasteiger partial charge on any atom is 0.157 e. The number of likely N-dealkylation sites (N-methyl/N-ethyl adjacent to an activating group) is 1. The lowest BCUT2D eigenvalue weighted by molar-refractivity contribution is 0.197. The highest BCUT2D eigenvalue weighted by Crippen LogP contribution is 2.28. The van der Waals surface area contributed by atoms with Crippen LogP contribution in [0.5, 0.6) is 0 Å². The first kappa shape index (κ1) is 17.9. The van der Waals surface area contributed by atoms with Gasteiger partial charge in [-0.3, -0.25) is 4.90 Å². The van der Waals surface area contributed by atoms with E-state index >= 15 is 0 Å². The number of aromatic nitrogens is 3. The summed E-state index contributed by atoms with van der Waals surface area (Å²) in [5.74, 6) is 1.30. The van der Waals surface area contributed by atoms with Gasteiger partial charge < -0.3 is 10.0 Å². The van der Waals surface area contributed by atoms with E-state index in [1.165, 1.54) is 24.1 Å². The van der Waals surface area contributed by atoms with Crippen LogP contribution in [-0.4, -0.2) is 57.9 Å². The standard InChI is InChI=1S/C21H27N5O/c1-24(12-13-27)21-14-20-22-10-9-19(26(20)23-21)18-8-5-11-25(16-18)15-17-6-3-2-4-7-17/h2-4,6-7,9-10,14,18,27H,5,8,11-13,15-16H2,1H3. The number of rotatable bonds is 6. The summed E-state index contributed by atoms with van der Waals surface area (Å²) in [6.45, 7) is 3.85. The fourth-order valence-corrected chi connectivity index (χ4v) is 3.94. The van der Waals surface area contributed by atoms with Crippen molar-refractivity contribution in [2.24, 2.45) is 0 Å². The van der Waals surface area contributed by atoms with Crippen molar-refractivity contribution < 1.29 is 5.11 Å². The predicted molar refractivity (Wildman–Crippen MR) is 107 cm³/mol. The second kappa shape index (κ2) is 8.06. The van der Waals surface area contributed by atoms with Gasteiger partial charge in [0.15, 0.2) is 11.5 Å². The van der Waals surface area contributed by atoms with Gasteiger partial charge in [0.05, 0.1) is 12.3 Å². The van der Waals surface area contributed by atoms with Crippen LogP contribution in [0.25, 0.3) is 5.65 Å². The van der Waals surface area contributed by atoms with Crippen LogP contribution in [0.15, 0.2) is 48.7 Å². The minimum Gasteiger partial charge on any atom is -0.395 e. The zero-order valence-electron chi connectivity index (χ0n) is 15.8. The maximum absolute atomic E-state index is 9.18. The summed E-state index contributed by atoms with van der Waals surface area (Å²) in [5.41, 5.74) is 3.46. The Hall–Kier alpha value is -2.44. The van der Waals surface area contributed by atoms with Crippen LogP contribution in [0, 0.1) is 0 Å². The van der Waals surface area contributed by atoms with Gasteiger partial charge in [0.1, 0.15) is 0 Å². The third-order valence-electron chi connectivity index (χ3n) is 5.37. The molecule has 1 fully saturated rings. The number of hydrogen-bond donors (Lipinski definition) is 1. The average Bonchev–Trinajstić information content (AvgIpc) is 3.14. The molecule has 0 saturated carbocycles. The third kappa shape index (κ3) is 3.96. The summed E-state index contributed by atoms with van der Waals surface area (Å²) in [5, 5.41) is 14.0. The number of hydrogen-bond acceptors (Lipinski definition) is 5. The van der Waals surface area contributed by atoms with Crippen molar-refractivity contribution in [3.8, 4) is 0 Å². The van der Waals surface area contributed by atoms with Crippen LogP contribution in [0.1, 0.15) is 30.0 Å². The topological polar surface area (TPSA) is 56.9 Å². The predicted octanol–water partition coefficient (Wildman–Crippen LogP) is 2.54. The molecule has 0 radical (unpaired) electrons. The summed E-state index contributed by atoms with van der Waals surface area (Å²) >= 11 is 0. The van der Waals surface area contributed by atoms with Crippen molar-refractivity contribution in [3.63, 3.8) is 0 Å². The van der Waals surface area contributed by atoms with E-state index in [1.807, 2.05) is 28.7 Å². The van der Waals surface area contributed by atoms with Crippen LogP contribution in [-0.2, 0) is 6.54 Å². The molecule has 4 rings (SSSR count). The Bertz CT molecular complexity index is 879. The number of aliphatic hydroxyl groups excluding tert-OH is 1. The Morgan fingerprint density at radius 3 is 2.89 bits per heavy atom. The van der Waals surface area contributed by atoms with Gasteiger partial charge in [0, 0.05) is 44.9 Å². The molecule has 0 amide bonds. The lowest BCUT2D eigenvalue weighted by Crippen LogP contribution is -2.34. The van der Waals surface area contributed by atoms with Gasteiger partial charge in [-0.25, -0.2) is 9.50 Å².